The molecule has 2 aliphatic rings. The minimum absolute atomic E-state index is 0.138. The van der Waals surface area contributed by atoms with E-state index in [1.165, 1.54) is 40.8 Å². The molecule has 0 aliphatic heterocycles. The predicted molar refractivity (Wildman–Crippen MR) is 487 cm³/mol. The third kappa shape index (κ3) is 12.5. The lowest BCUT2D eigenvalue weighted by Gasteiger charge is -2.35. The topological polar surface area (TPSA) is 16.3 Å². The highest BCUT2D eigenvalue weighted by atomic mass is 19.2. The maximum Gasteiger partial charge on any atom is 0.200 e. The van der Waals surface area contributed by atoms with E-state index >= 15 is 8.78 Å². The van der Waals surface area contributed by atoms with E-state index in [0.29, 0.717) is 11.4 Å². The van der Waals surface area contributed by atoms with Gasteiger partial charge in [-0.15, -0.1) is 0 Å². The van der Waals surface area contributed by atoms with E-state index < -0.39 is 74.7 Å². The molecule has 608 valence electrons. The quantitative estimate of drug-likeness (QED) is 0.0613. The standard InChI is InChI=1S/C61H37F5N2.C51H33F5N2/c62-56-55(57(63)59(65)60(66)58(56)64)39-26-31-45(32-27-39)67(44-29-24-38(25-30-44)40-28-34-50-49-21-11-13-23-53(49)68(54(50)36-40)43-18-8-3-9-19-43)46-33-35-48-47-20-10-12-22-51(47)61(52(48)37-46,41-14-4-1-5-15-41)42-16-6-2-7-17-42;1-51(2)41-14-8-6-12-37(41)38-27-25-36(29-42(38)51)57(35-23-18-31(19-24-35)45-46(52)48(54)50(56)49(55)47(45)53)34-21-16-30(17-22-34)32-20-26-40-39-13-7-9-15-43(39)58(44(40)28-32)33-10-4-3-5-11-33/h1-37H;3-29H,1-2H3. The van der Waals surface area contributed by atoms with E-state index in [1.54, 1.807) is 24.3 Å². The summed E-state index contributed by atoms with van der Waals surface area (Å²) in [5.41, 5.74) is 23.1. The van der Waals surface area contributed by atoms with E-state index in [-0.39, 0.29) is 16.5 Å². The van der Waals surface area contributed by atoms with Crippen LogP contribution in [0.2, 0.25) is 0 Å². The molecule has 126 heavy (non-hydrogen) atoms. The Bertz CT molecular complexity index is 7610. The summed E-state index contributed by atoms with van der Waals surface area (Å²) in [5.74, 6) is -19.9. The monoisotopic (exact) mass is 1660 g/mol. The molecule has 0 radical (unpaired) electrons. The lowest BCUT2D eigenvalue weighted by molar-refractivity contribution is 0.381. The van der Waals surface area contributed by atoms with Crippen molar-refractivity contribution in [2.75, 3.05) is 9.80 Å². The molecule has 2 heterocycles. The molecule has 0 amide bonds. The van der Waals surface area contributed by atoms with Crippen LogP contribution in [0.5, 0.6) is 0 Å². The Morgan fingerprint density at radius 2 is 0.492 bits per heavy atom. The van der Waals surface area contributed by atoms with Crippen LogP contribution in [0.4, 0.5) is 78.0 Å². The molecule has 4 nitrogen and oxygen atoms in total. The second-order valence-electron chi connectivity index (χ2n) is 32.2. The van der Waals surface area contributed by atoms with Gasteiger partial charge in [-0.05, 0) is 210 Å². The van der Waals surface area contributed by atoms with Crippen molar-refractivity contribution < 1.29 is 43.9 Å². The molecule has 0 saturated heterocycles. The van der Waals surface area contributed by atoms with Gasteiger partial charge in [-0.25, -0.2) is 43.9 Å². The maximum absolute atomic E-state index is 15.2. The minimum atomic E-state index is -2.20. The number of hydrogen-bond acceptors (Lipinski definition) is 2. The second-order valence-corrected chi connectivity index (χ2v) is 32.2. The summed E-state index contributed by atoms with van der Waals surface area (Å²) in [6, 6.07) is 129. The second kappa shape index (κ2) is 30.8. The normalized spacial score (nSPS) is 12.7. The number of para-hydroxylation sites is 4. The van der Waals surface area contributed by atoms with Crippen molar-refractivity contribution in [3.05, 3.63) is 480 Å². The van der Waals surface area contributed by atoms with Gasteiger partial charge in [-0.1, -0.05) is 281 Å². The molecule has 22 rings (SSSR count). The number of rotatable bonds is 14. The van der Waals surface area contributed by atoms with Gasteiger partial charge >= 0.3 is 0 Å². The van der Waals surface area contributed by atoms with Gasteiger partial charge in [0, 0.05) is 72.5 Å². The van der Waals surface area contributed by atoms with Crippen LogP contribution in [0.15, 0.2) is 388 Å². The summed E-state index contributed by atoms with van der Waals surface area (Å²) >= 11 is 0. The van der Waals surface area contributed by atoms with Crippen molar-refractivity contribution >= 4 is 77.7 Å². The largest absolute Gasteiger partial charge is 0.310 e. The fraction of sp³-hybridized carbons (Fsp3) is 0.0357. The van der Waals surface area contributed by atoms with Crippen molar-refractivity contribution in [1.29, 1.82) is 0 Å². The molecule has 0 bridgehead atoms. The number of fused-ring (bicyclic) bond motifs is 12. The maximum atomic E-state index is 15.2. The van der Waals surface area contributed by atoms with Crippen LogP contribution in [0.1, 0.15) is 47.2 Å². The summed E-state index contributed by atoms with van der Waals surface area (Å²) < 4.78 is 150. The van der Waals surface area contributed by atoms with Crippen LogP contribution >= 0.6 is 0 Å². The van der Waals surface area contributed by atoms with Gasteiger partial charge in [-0.2, -0.15) is 0 Å². The zero-order chi connectivity index (χ0) is 86.0. The van der Waals surface area contributed by atoms with Gasteiger partial charge in [0.1, 0.15) is 0 Å². The molecule has 2 aromatic heterocycles. The van der Waals surface area contributed by atoms with Crippen LogP contribution < -0.4 is 9.80 Å². The van der Waals surface area contributed by atoms with Crippen LogP contribution in [0.25, 0.3) is 122 Å². The zero-order valence-electron chi connectivity index (χ0n) is 67.5. The number of nitrogens with zero attached hydrogens (tertiary/aromatic N) is 4. The molecule has 18 aromatic carbocycles. The molecule has 0 atom stereocenters. The van der Waals surface area contributed by atoms with Gasteiger partial charge in [0.15, 0.2) is 46.5 Å². The van der Waals surface area contributed by atoms with Crippen LogP contribution in [-0.2, 0) is 10.8 Å². The molecule has 0 unspecified atom stereocenters. The lowest BCUT2D eigenvalue weighted by atomic mass is 9.67. The molecule has 0 spiro atoms. The Labute approximate surface area is 718 Å². The first-order chi connectivity index (χ1) is 61.4. The highest BCUT2D eigenvalue weighted by Crippen LogP contribution is 2.58. The Kier molecular flexibility index (Phi) is 19.0. The van der Waals surface area contributed by atoms with Crippen molar-refractivity contribution in [3.63, 3.8) is 0 Å². The van der Waals surface area contributed by atoms with E-state index in [1.807, 2.05) is 101 Å². The van der Waals surface area contributed by atoms with Crippen LogP contribution in [0, 0.1) is 58.2 Å². The average molecular weight is 1660 g/mol. The van der Waals surface area contributed by atoms with Crippen molar-refractivity contribution in [2.24, 2.45) is 0 Å². The van der Waals surface area contributed by atoms with Gasteiger partial charge in [0.25, 0.3) is 0 Å². The molecule has 14 heteroatoms. The molecule has 0 saturated carbocycles. The number of halogens is 10. The fourth-order valence-corrected chi connectivity index (χ4v) is 19.2. The van der Waals surface area contributed by atoms with Gasteiger partial charge in [-0.3, -0.25) is 0 Å². The van der Waals surface area contributed by atoms with Crippen molar-refractivity contribution in [3.8, 4) is 78.1 Å². The Morgan fingerprint density at radius 3 is 0.897 bits per heavy atom. The number of anilines is 6. The van der Waals surface area contributed by atoms with E-state index in [9.17, 15) is 35.1 Å². The first-order valence-corrected chi connectivity index (χ1v) is 41.3. The van der Waals surface area contributed by atoms with Crippen molar-refractivity contribution in [1.82, 2.24) is 9.13 Å². The SMILES string of the molecule is CC1(C)c2ccccc2-c2ccc(N(c3ccc(-c4ccc5c6ccccc6n(-c6ccccc6)c5c4)cc3)c3ccc(-c4c(F)c(F)c(F)c(F)c4F)cc3)cc21.Fc1c(F)c(F)c(-c2ccc(N(c3ccc(-c4ccc5c6ccccc6n(-c6ccccc6)c5c4)cc3)c3ccc4c(c3)C(c3ccccc3)(c3ccccc3)c3ccccc3-4)cc2)c(F)c1F. The fourth-order valence-electron chi connectivity index (χ4n) is 19.2. The zero-order valence-corrected chi connectivity index (χ0v) is 67.5. The third-order valence-electron chi connectivity index (χ3n) is 25.1. The highest BCUT2D eigenvalue weighted by Gasteiger charge is 2.47. The minimum Gasteiger partial charge on any atom is -0.310 e. The summed E-state index contributed by atoms with van der Waals surface area (Å²) in [6.07, 6.45) is 0. The van der Waals surface area contributed by atoms with Crippen LogP contribution in [0.3, 0.4) is 0 Å². The Morgan fingerprint density at radius 1 is 0.206 bits per heavy atom. The molecule has 20 aromatic rings. The van der Waals surface area contributed by atoms with Crippen LogP contribution in [-0.4, -0.2) is 9.13 Å². The van der Waals surface area contributed by atoms with Gasteiger partial charge in [0.05, 0.1) is 38.6 Å². The van der Waals surface area contributed by atoms with E-state index in [0.717, 1.165) is 139 Å². The summed E-state index contributed by atoms with van der Waals surface area (Å²) in [4.78, 5) is 4.08. The Balaban J connectivity index is 0.000000156. The summed E-state index contributed by atoms with van der Waals surface area (Å²) in [7, 11) is 0. The lowest BCUT2D eigenvalue weighted by Crippen LogP contribution is -2.28. The smallest absolute Gasteiger partial charge is 0.200 e. The molecule has 2 aliphatic carbocycles. The highest BCUT2D eigenvalue weighted by molar-refractivity contribution is 6.12. The summed E-state index contributed by atoms with van der Waals surface area (Å²) in [5, 5.41) is 4.63. The van der Waals surface area contributed by atoms with Gasteiger partial charge in [0.2, 0.25) is 11.6 Å². The molecular weight excluding hydrogens is 1590 g/mol. The number of hydrogen-bond donors (Lipinski definition) is 0. The summed E-state index contributed by atoms with van der Waals surface area (Å²) in [6.45, 7) is 4.40. The van der Waals surface area contributed by atoms with Gasteiger partial charge < -0.3 is 18.9 Å². The average Bonchev–Trinajstić information content (AvgIpc) is 1.53. The number of aromatic nitrogens is 2. The molecule has 0 fully saturated rings. The van der Waals surface area contributed by atoms with E-state index in [4.69, 9.17) is 0 Å². The van der Waals surface area contributed by atoms with E-state index in [2.05, 4.69) is 272 Å². The molecular formula is C112H70F10N4. The Hall–Kier alpha value is -15.5. The third-order valence-corrected chi connectivity index (χ3v) is 25.1. The first-order valence-electron chi connectivity index (χ1n) is 41.3. The molecule has 0 N–H and O–H groups in total. The number of benzene rings is 18. The predicted octanol–water partition coefficient (Wildman–Crippen LogP) is 31.2. The first kappa shape index (κ1) is 77.8. The van der Waals surface area contributed by atoms with Crippen molar-refractivity contribution in [2.45, 2.75) is 24.7 Å².